The Bertz CT molecular complexity index is 983. The Morgan fingerprint density at radius 3 is 2.58 bits per heavy atom. The van der Waals surface area contributed by atoms with Gasteiger partial charge in [0.25, 0.3) is 5.91 Å². The number of imidazole rings is 1. The van der Waals surface area contributed by atoms with Crippen LogP contribution >= 0.6 is 0 Å². The predicted octanol–water partition coefficient (Wildman–Crippen LogP) is 4.12. The number of unbranched alkanes of at least 4 members (excludes halogenated alkanes) is 1. The second-order valence-electron chi connectivity index (χ2n) is 7.14. The van der Waals surface area contributed by atoms with E-state index in [1.54, 1.807) is 37.6 Å². The highest BCUT2D eigenvalue weighted by molar-refractivity contribution is 5.94. The van der Waals surface area contributed by atoms with Crippen LogP contribution in [0.1, 0.15) is 41.5 Å². The van der Waals surface area contributed by atoms with E-state index in [1.165, 1.54) is 0 Å². The number of nitrogens with one attached hydrogen (secondary N) is 1. The third-order valence-corrected chi connectivity index (χ3v) is 4.84. The number of rotatable bonds is 11. The van der Waals surface area contributed by atoms with Crippen LogP contribution in [0, 0.1) is 0 Å². The molecule has 0 unspecified atom stereocenters. The van der Waals surface area contributed by atoms with Crippen molar-refractivity contribution in [1.82, 2.24) is 14.9 Å². The van der Waals surface area contributed by atoms with Gasteiger partial charge in [0.05, 0.1) is 13.7 Å². The summed E-state index contributed by atoms with van der Waals surface area (Å²) in [6.07, 6.45) is 5.67. The van der Waals surface area contributed by atoms with E-state index in [2.05, 4.69) is 17.2 Å². The molecule has 0 aliphatic rings. The second-order valence-corrected chi connectivity index (χ2v) is 7.14. The van der Waals surface area contributed by atoms with Crippen molar-refractivity contribution >= 4 is 5.91 Å². The number of ether oxygens (including phenoxy) is 3. The molecule has 1 amide bonds. The molecule has 3 aromatic rings. The molecular formula is C24H29N3O4. The van der Waals surface area contributed by atoms with Gasteiger partial charge in [-0.05, 0) is 48.4 Å². The van der Waals surface area contributed by atoms with Gasteiger partial charge in [0, 0.05) is 31.5 Å². The predicted molar refractivity (Wildman–Crippen MR) is 119 cm³/mol. The standard InChI is InChI=1S/C24H29N3O4/c1-4-5-14-30-21-11-6-18(15-22(21)29-3)16-26-24(28)19-7-9-20(10-8-19)31-17-23-25-12-13-27(23)2/h6-13,15H,4-5,14,16-17H2,1-3H3,(H,26,28). The normalized spacial score (nSPS) is 10.5. The van der Waals surface area contributed by atoms with Gasteiger partial charge in [-0.1, -0.05) is 19.4 Å². The van der Waals surface area contributed by atoms with Crippen LogP contribution in [0.5, 0.6) is 17.2 Å². The van der Waals surface area contributed by atoms with E-state index in [-0.39, 0.29) is 5.91 Å². The molecule has 0 spiro atoms. The zero-order valence-electron chi connectivity index (χ0n) is 18.3. The van der Waals surface area contributed by atoms with Crippen LogP contribution in [-0.2, 0) is 20.2 Å². The van der Waals surface area contributed by atoms with Gasteiger partial charge in [-0.25, -0.2) is 4.98 Å². The summed E-state index contributed by atoms with van der Waals surface area (Å²) in [5.41, 5.74) is 1.50. The van der Waals surface area contributed by atoms with Crippen LogP contribution in [0.4, 0.5) is 0 Å². The van der Waals surface area contributed by atoms with E-state index in [0.29, 0.717) is 42.6 Å². The van der Waals surface area contributed by atoms with E-state index < -0.39 is 0 Å². The number of methoxy groups -OCH3 is 1. The van der Waals surface area contributed by atoms with Crippen LogP contribution in [0.2, 0.25) is 0 Å². The number of benzene rings is 2. The average molecular weight is 424 g/mol. The summed E-state index contributed by atoms with van der Waals surface area (Å²) in [5.74, 6) is 2.74. The number of carbonyl (C=O) groups is 1. The fraction of sp³-hybridized carbons (Fsp3) is 0.333. The fourth-order valence-corrected chi connectivity index (χ4v) is 2.94. The lowest BCUT2D eigenvalue weighted by atomic mass is 10.1. The maximum Gasteiger partial charge on any atom is 0.251 e. The summed E-state index contributed by atoms with van der Waals surface area (Å²) in [7, 11) is 3.53. The summed E-state index contributed by atoms with van der Waals surface area (Å²) in [4.78, 5) is 16.7. The molecule has 31 heavy (non-hydrogen) atoms. The lowest BCUT2D eigenvalue weighted by Gasteiger charge is -2.12. The van der Waals surface area contributed by atoms with Gasteiger partial charge in [0.2, 0.25) is 0 Å². The summed E-state index contributed by atoms with van der Waals surface area (Å²) in [6.45, 7) is 3.54. The largest absolute Gasteiger partial charge is 0.493 e. The van der Waals surface area contributed by atoms with Crippen LogP contribution in [0.3, 0.4) is 0 Å². The zero-order chi connectivity index (χ0) is 22.1. The highest BCUT2D eigenvalue weighted by Crippen LogP contribution is 2.28. The second kappa shape index (κ2) is 11.1. The minimum Gasteiger partial charge on any atom is -0.493 e. The first kappa shape index (κ1) is 22.2. The smallest absolute Gasteiger partial charge is 0.251 e. The molecule has 1 N–H and O–H groups in total. The average Bonchev–Trinajstić information content (AvgIpc) is 3.21. The van der Waals surface area contributed by atoms with Gasteiger partial charge >= 0.3 is 0 Å². The van der Waals surface area contributed by atoms with Crippen LogP contribution < -0.4 is 19.5 Å². The van der Waals surface area contributed by atoms with Gasteiger partial charge in [-0.2, -0.15) is 0 Å². The van der Waals surface area contributed by atoms with Crippen molar-refractivity contribution in [1.29, 1.82) is 0 Å². The Balaban J connectivity index is 1.52. The third-order valence-electron chi connectivity index (χ3n) is 4.84. The summed E-state index contributed by atoms with van der Waals surface area (Å²) in [6, 6.07) is 12.7. The molecule has 0 bridgehead atoms. The molecule has 0 atom stereocenters. The van der Waals surface area contributed by atoms with Crippen molar-refractivity contribution < 1.29 is 19.0 Å². The summed E-state index contributed by atoms with van der Waals surface area (Å²) < 4.78 is 18.8. The number of nitrogens with zero attached hydrogens (tertiary/aromatic N) is 2. The van der Waals surface area contributed by atoms with Gasteiger partial charge in [-0.15, -0.1) is 0 Å². The van der Waals surface area contributed by atoms with E-state index in [0.717, 1.165) is 24.2 Å². The number of hydrogen-bond acceptors (Lipinski definition) is 5. The van der Waals surface area contributed by atoms with Crippen LogP contribution in [0.25, 0.3) is 0 Å². The summed E-state index contributed by atoms with van der Waals surface area (Å²) in [5, 5.41) is 2.93. The molecule has 0 saturated carbocycles. The van der Waals surface area contributed by atoms with Crippen molar-refractivity contribution in [2.24, 2.45) is 7.05 Å². The molecule has 7 nitrogen and oxygen atoms in total. The van der Waals surface area contributed by atoms with Gasteiger partial charge in [0.1, 0.15) is 18.2 Å². The molecule has 0 aliphatic heterocycles. The van der Waals surface area contributed by atoms with Crippen molar-refractivity contribution in [2.75, 3.05) is 13.7 Å². The molecule has 0 aliphatic carbocycles. The quantitative estimate of drug-likeness (QED) is 0.470. The Morgan fingerprint density at radius 2 is 1.90 bits per heavy atom. The first-order chi connectivity index (χ1) is 15.1. The first-order valence-electron chi connectivity index (χ1n) is 10.4. The van der Waals surface area contributed by atoms with Crippen molar-refractivity contribution in [3.05, 3.63) is 71.8 Å². The lowest BCUT2D eigenvalue weighted by molar-refractivity contribution is 0.0951. The monoisotopic (exact) mass is 423 g/mol. The Morgan fingerprint density at radius 1 is 1.10 bits per heavy atom. The number of aryl methyl sites for hydroxylation is 1. The highest BCUT2D eigenvalue weighted by Gasteiger charge is 2.09. The van der Waals surface area contributed by atoms with Gasteiger partial charge < -0.3 is 24.1 Å². The first-order valence-corrected chi connectivity index (χ1v) is 10.4. The summed E-state index contributed by atoms with van der Waals surface area (Å²) >= 11 is 0. The van der Waals surface area contributed by atoms with E-state index in [1.807, 2.05) is 36.0 Å². The highest BCUT2D eigenvalue weighted by atomic mass is 16.5. The van der Waals surface area contributed by atoms with Crippen molar-refractivity contribution in [3.8, 4) is 17.2 Å². The van der Waals surface area contributed by atoms with Crippen LogP contribution in [0.15, 0.2) is 54.9 Å². The van der Waals surface area contributed by atoms with Crippen molar-refractivity contribution in [3.63, 3.8) is 0 Å². The molecule has 0 radical (unpaired) electrons. The number of hydrogen-bond donors (Lipinski definition) is 1. The lowest BCUT2D eigenvalue weighted by Crippen LogP contribution is -2.22. The minimum atomic E-state index is -0.155. The molecule has 1 aromatic heterocycles. The number of carbonyl (C=O) groups excluding carboxylic acids is 1. The number of aromatic nitrogens is 2. The molecular weight excluding hydrogens is 394 g/mol. The molecule has 1 heterocycles. The molecule has 3 rings (SSSR count). The molecule has 2 aromatic carbocycles. The SMILES string of the molecule is CCCCOc1ccc(CNC(=O)c2ccc(OCc3nccn3C)cc2)cc1OC. The molecule has 7 heteroatoms. The Labute approximate surface area is 183 Å². The Kier molecular flexibility index (Phi) is 7.92. The van der Waals surface area contributed by atoms with E-state index in [9.17, 15) is 4.79 Å². The topological polar surface area (TPSA) is 74.6 Å². The maximum absolute atomic E-state index is 12.5. The van der Waals surface area contributed by atoms with Crippen molar-refractivity contribution in [2.45, 2.75) is 32.9 Å². The van der Waals surface area contributed by atoms with Crippen LogP contribution in [-0.4, -0.2) is 29.2 Å². The zero-order valence-corrected chi connectivity index (χ0v) is 18.3. The molecule has 0 fully saturated rings. The fourth-order valence-electron chi connectivity index (χ4n) is 2.94. The van der Waals surface area contributed by atoms with Gasteiger partial charge in [0.15, 0.2) is 11.5 Å². The maximum atomic E-state index is 12.5. The van der Waals surface area contributed by atoms with E-state index >= 15 is 0 Å². The molecule has 0 saturated heterocycles. The Hall–Kier alpha value is -3.48. The van der Waals surface area contributed by atoms with Gasteiger partial charge in [-0.3, -0.25) is 4.79 Å². The third kappa shape index (κ3) is 6.25. The number of amides is 1. The minimum absolute atomic E-state index is 0.155. The molecule has 164 valence electrons. The van der Waals surface area contributed by atoms with E-state index in [4.69, 9.17) is 14.2 Å².